The molecule has 1 aromatic carbocycles. The summed E-state index contributed by atoms with van der Waals surface area (Å²) >= 11 is 5.96. The summed E-state index contributed by atoms with van der Waals surface area (Å²) in [6, 6.07) is 8.34. The van der Waals surface area contributed by atoms with E-state index in [1.165, 1.54) is 6.08 Å². The Balaban J connectivity index is 2.16. The zero-order chi connectivity index (χ0) is 16.3. The lowest BCUT2D eigenvalue weighted by molar-refractivity contribution is -0.162. The van der Waals surface area contributed by atoms with E-state index in [0.29, 0.717) is 5.69 Å². The predicted molar refractivity (Wildman–Crippen MR) is 79.1 cm³/mol. The summed E-state index contributed by atoms with van der Waals surface area (Å²) in [6.45, 7) is 3.27. The lowest BCUT2D eigenvalue weighted by atomic mass is 10.0. The molecule has 1 N–H and O–H groups in total. The molecule has 1 aliphatic carbocycles. The summed E-state index contributed by atoms with van der Waals surface area (Å²) in [5.41, 5.74) is -1.46. The van der Waals surface area contributed by atoms with Gasteiger partial charge in [-0.25, -0.2) is 4.42 Å². The largest absolute Gasteiger partial charge is 0.480 e. The molecule has 116 valence electrons. The van der Waals surface area contributed by atoms with Gasteiger partial charge in [-0.05, 0) is 18.6 Å². The van der Waals surface area contributed by atoms with Gasteiger partial charge in [0.2, 0.25) is 5.91 Å². The van der Waals surface area contributed by atoms with Crippen LogP contribution in [-0.2, 0) is 19.1 Å². The number of carbonyl (C=O) groups is 3. The molecule has 2 unspecified atom stereocenters. The molecule has 22 heavy (non-hydrogen) atoms. The molecule has 7 heteroatoms. The summed E-state index contributed by atoms with van der Waals surface area (Å²) in [6.07, 6.45) is 1.19. The number of esters is 1. The smallest absolute Gasteiger partial charge is 0.324 e. The van der Waals surface area contributed by atoms with Gasteiger partial charge in [-0.15, -0.1) is 0 Å². The highest BCUT2D eigenvalue weighted by molar-refractivity contribution is 6.38. The highest BCUT2D eigenvalue weighted by Gasteiger charge is 2.71. The fourth-order valence-electron chi connectivity index (χ4n) is 2.20. The van der Waals surface area contributed by atoms with Crippen molar-refractivity contribution in [2.45, 2.75) is 6.42 Å². The summed E-state index contributed by atoms with van der Waals surface area (Å²) in [5.74, 6) is -4.03. The molecule has 0 aliphatic heterocycles. The minimum Gasteiger partial charge on any atom is -0.480 e. The molecule has 1 fully saturated rings. The van der Waals surface area contributed by atoms with Crippen LogP contribution in [0.1, 0.15) is 6.42 Å². The van der Waals surface area contributed by atoms with Crippen LogP contribution in [0.5, 0.6) is 0 Å². The molecular weight excluding hydrogens is 310 g/mol. The van der Waals surface area contributed by atoms with Gasteiger partial charge >= 0.3 is 11.9 Å². The van der Waals surface area contributed by atoms with Gasteiger partial charge in [-0.2, -0.15) is 0 Å². The van der Waals surface area contributed by atoms with E-state index in [9.17, 15) is 19.5 Å². The molecule has 2 atom stereocenters. The average molecular weight is 324 g/mol. The van der Waals surface area contributed by atoms with E-state index in [4.69, 9.17) is 16.5 Å². The zero-order valence-corrected chi connectivity index (χ0v) is 12.3. The number of nitrogens with zero attached hydrogens (tertiary/aromatic N) is 1. The van der Waals surface area contributed by atoms with Crippen molar-refractivity contribution in [3.8, 4) is 0 Å². The number of carboxylic acids is 1. The highest BCUT2D eigenvalue weighted by Crippen LogP contribution is 2.55. The van der Waals surface area contributed by atoms with E-state index >= 15 is 0 Å². The number of aliphatic carboxylic acids is 1. The Morgan fingerprint density at radius 2 is 2.05 bits per heavy atom. The minimum absolute atomic E-state index is 0.113. The fourth-order valence-corrected chi connectivity index (χ4v) is 2.43. The van der Waals surface area contributed by atoms with Crippen LogP contribution in [0.3, 0.4) is 0 Å². The number of carboxylic acid groups (broad SMARTS) is 1. The number of para-hydroxylation sites is 1. The monoisotopic (exact) mass is 323 g/mol. The summed E-state index contributed by atoms with van der Waals surface area (Å²) in [7, 11) is 0. The summed E-state index contributed by atoms with van der Waals surface area (Å²) in [4.78, 5) is 35.7. The van der Waals surface area contributed by atoms with E-state index in [-0.39, 0.29) is 13.0 Å². The molecule has 1 saturated carbocycles. The predicted octanol–water partition coefficient (Wildman–Crippen LogP) is 1.99. The Morgan fingerprint density at radius 1 is 1.41 bits per heavy atom. The Hall–Kier alpha value is -2.34. The molecule has 0 saturated heterocycles. The molecule has 1 amide bonds. The SMILES string of the molecule is C=CCOC(=O)C1(C(=O)O)CC1C(=O)N(Cl)c1ccccc1. The average Bonchev–Trinajstić information content (AvgIpc) is 3.29. The van der Waals surface area contributed by atoms with Crippen molar-refractivity contribution in [2.75, 3.05) is 11.0 Å². The van der Waals surface area contributed by atoms with Crippen LogP contribution < -0.4 is 4.42 Å². The number of ether oxygens (including phenoxy) is 1. The summed E-state index contributed by atoms with van der Waals surface area (Å²) < 4.78 is 5.62. The van der Waals surface area contributed by atoms with E-state index in [1.54, 1.807) is 30.3 Å². The van der Waals surface area contributed by atoms with Gasteiger partial charge in [-0.1, -0.05) is 30.9 Å². The maximum Gasteiger partial charge on any atom is 0.324 e. The topological polar surface area (TPSA) is 83.9 Å². The lowest BCUT2D eigenvalue weighted by Crippen LogP contribution is -2.34. The number of hydrogen-bond acceptors (Lipinski definition) is 4. The first-order valence-electron chi connectivity index (χ1n) is 6.51. The number of anilines is 1. The number of carbonyl (C=O) groups excluding carboxylic acids is 2. The zero-order valence-electron chi connectivity index (χ0n) is 11.6. The molecule has 0 aromatic heterocycles. The molecule has 0 heterocycles. The van der Waals surface area contributed by atoms with Crippen molar-refractivity contribution in [1.82, 2.24) is 0 Å². The maximum absolute atomic E-state index is 12.3. The van der Waals surface area contributed by atoms with Crippen LogP contribution in [-0.4, -0.2) is 29.6 Å². The van der Waals surface area contributed by atoms with Crippen molar-refractivity contribution in [1.29, 1.82) is 0 Å². The van der Waals surface area contributed by atoms with Crippen molar-refractivity contribution in [3.63, 3.8) is 0 Å². The molecule has 1 aromatic rings. The second-order valence-electron chi connectivity index (χ2n) is 4.87. The van der Waals surface area contributed by atoms with Crippen molar-refractivity contribution in [3.05, 3.63) is 43.0 Å². The van der Waals surface area contributed by atoms with Gasteiger partial charge in [-0.3, -0.25) is 14.4 Å². The van der Waals surface area contributed by atoms with Crippen molar-refractivity contribution >= 4 is 35.3 Å². The maximum atomic E-state index is 12.3. The van der Waals surface area contributed by atoms with E-state index in [2.05, 4.69) is 6.58 Å². The van der Waals surface area contributed by atoms with Gasteiger partial charge in [0.25, 0.3) is 0 Å². The number of benzene rings is 1. The molecule has 0 spiro atoms. The van der Waals surface area contributed by atoms with Crippen LogP contribution in [0.15, 0.2) is 43.0 Å². The van der Waals surface area contributed by atoms with Gasteiger partial charge in [0, 0.05) is 11.8 Å². The van der Waals surface area contributed by atoms with Gasteiger partial charge < -0.3 is 9.84 Å². The van der Waals surface area contributed by atoms with Crippen LogP contribution in [0, 0.1) is 11.3 Å². The van der Waals surface area contributed by atoms with Crippen LogP contribution in [0.4, 0.5) is 5.69 Å². The first kappa shape index (κ1) is 16.0. The quantitative estimate of drug-likeness (QED) is 0.374. The van der Waals surface area contributed by atoms with Crippen molar-refractivity contribution in [2.24, 2.45) is 11.3 Å². The second kappa shape index (κ2) is 6.19. The van der Waals surface area contributed by atoms with Crippen molar-refractivity contribution < 1.29 is 24.2 Å². The van der Waals surface area contributed by atoms with Crippen LogP contribution in [0.2, 0.25) is 0 Å². The third-order valence-electron chi connectivity index (χ3n) is 3.51. The van der Waals surface area contributed by atoms with E-state index in [0.717, 1.165) is 4.42 Å². The Kier molecular flexibility index (Phi) is 4.51. The first-order valence-corrected chi connectivity index (χ1v) is 6.85. The Morgan fingerprint density at radius 3 is 2.59 bits per heavy atom. The Labute approximate surface area is 132 Å². The third-order valence-corrected chi connectivity index (χ3v) is 3.88. The van der Waals surface area contributed by atoms with Crippen LogP contribution >= 0.6 is 11.8 Å². The molecule has 1 aliphatic rings. The Bertz CT molecular complexity index is 618. The number of rotatable bonds is 6. The minimum atomic E-state index is -1.86. The second-order valence-corrected chi connectivity index (χ2v) is 5.21. The normalized spacial score (nSPS) is 22.5. The number of halogens is 1. The summed E-state index contributed by atoms with van der Waals surface area (Å²) in [5, 5.41) is 9.30. The highest BCUT2D eigenvalue weighted by atomic mass is 35.5. The number of hydrogen-bond donors (Lipinski definition) is 1. The lowest BCUT2D eigenvalue weighted by Gasteiger charge is -2.16. The van der Waals surface area contributed by atoms with Crippen LogP contribution in [0.25, 0.3) is 0 Å². The molecular formula is C15H14ClNO5. The molecule has 6 nitrogen and oxygen atoms in total. The third kappa shape index (κ3) is 2.69. The molecule has 2 rings (SSSR count). The van der Waals surface area contributed by atoms with Gasteiger partial charge in [0.05, 0.1) is 11.6 Å². The molecule has 0 radical (unpaired) electrons. The van der Waals surface area contributed by atoms with E-state index in [1.807, 2.05) is 0 Å². The van der Waals surface area contributed by atoms with E-state index < -0.39 is 29.2 Å². The van der Waals surface area contributed by atoms with Gasteiger partial charge in [0.15, 0.2) is 5.41 Å². The first-order chi connectivity index (χ1) is 10.4. The molecule has 0 bridgehead atoms. The van der Waals surface area contributed by atoms with Gasteiger partial charge in [0.1, 0.15) is 6.61 Å². The fraction of sp³-hybridized carbons (Fsp3) is 0.267. The number of amides is 1. The standard InChI is InChI=1S/C15H14ClNO5/c1-2-8-22-14(21)15(13(19)20)9-11(15)12(18)17(16)10-6-4-3-5-7-10/h2-7,11H,1,8-9H2,(H,19,20).